The standard InChI is InChI=1S/C39H58N8O6/c1-3-4-9-32-43-36-37(47(32)26-39(2,27-48)28-49)30-11-10-29(25-31(30)42-38(36)40)8-7-17-45-20-18-44(19-21-45)16-6-5-15-41-33(50)14-23-53-24-22-46-34(51)12-13-35(46)52/h10-13,25,48-49H,3-9,14-24,26-28H2,1-2H3,(H2,40,42)(H,41,50). The Morgan fingerprint density at radius 2 is 1.62 bits per heavy atom. The van der Waals surface area contributed by atoms with Crippen molar-refractivity contribution in [3.63, 3.8) is 0 Å². The zero-order valence-electron chi connectivity index (χ0n) is 31.5. The summed E-state index contributed by atoms with van der Waals surface area (Å²) in [6, 6.07) is 6.44. The van der Waals surface area contributed by atoms with Crippen LogP contribution < -0.4 is 11.1 Å². The van der Waals surface area contributed by atoms with Crippen LogP contribution in [0.1, 0.15) is 63.8 Å². The third-order valence-electron chi connectivity index (χ3n) is 10.4. The van der Waals surface area contributed by atoms with Gasteiger partial charge in [-0.1, -0.05) is 32.4 Å². The van der Waals surface area contributed by atoms with E-state index in [4.69, 9.17) is 20.4 Å². The lowest BCUT2D eigenvalue weighted by molar-refractivity contribution is -0.138. The van der Waals surface area contributed by atoms with Crippen molar-refractivity contribution in [1.29, 1.82) is 0 Å². The number of ether oxygens (including phenoxy) is 1. The number of benzene rings is 1. The lowest BCUT2D eigenvalue weighted by atomic mass is 9.92. The van der Waals surface area contributed by atoms with E-state index in [0.29, 0.717) is 24.4 Å². The lowest BCUT2D eigenvalue weighted by Crippen LogP contribution is -2.46. The van der Waals surface area contributed by atoms with Gasteiger partial charge in [-0.3, -0.25) is 19.3 Å². The molecule has 5 rings (SSSR count). The second-order valence-corrected chi connectivity index (χ2v) is 14.8. The molecule has 0 unspecified atom stereocenters. The van der Waals surface area contributed by atoms with Crippen molar-refractivity contribution in [2.75, 3.05) is 84.5 Å². The van der Waals surface area contributed by atoms with Crippen molar-refractivity contribution in [1.82, 2.24) is 34.6 Å². The smallest absolute Gasteiger partial charge is 0.253 e. The molecule has 53 heavy (non-hydrogen) atoms. The molecular weight excluding hydrogens is 676 g/mol. The van der Waals surface area contributed by atoms with Crippen LogP contribution >= 0.6 is 0 Å². The fourth-order valence-electron chi connectivity index (χ4n) is 6.98. The van der Waals surface area contributed by atoms with Gasteiger partial charge in [0.2, 0.25) is 5.91 Å². The number of nitrogens with one attached hydrogen (secondary N) is 1. The summed E-state index contributed by atoms with van der Waals surface area (Å²) in [4.78, 5) is 51.0. The largest absolute Gasteiger partial charge is 0.396 e. The fraction of sp³-hybridized carbons (Fsp3) is 0.615. The van der Waals surface area contributed by atoms with Crippen molar-refractivity contribution < 1.29 is 29.3 Å². The van der Waals surface area contributed by atoms with Gasteiger partial charge in [0.1, 0.15) is 11.3 Å². The number of amides is 3. The maximum atomic E-state index is 12.1. The Hall–Kier alpha value is -3.95. The second-order valence-electron chi connectivity index (χ2n) is 14.8. The van der Waals surface area contributed by atoms with E-state index in [2.05, 4.69) is 44.8 Å². The van der Waals surface area contributed by atoms with Gasteiger partial charge in [0, 0.05) is 75.1 Å². The van der Waals surface area contributed by atoms with E-state index in [-0.39, 0.29) is 57.1 Å². The zero-order chi connectivity index (χ0) is 37.8. The van der Waals surface area contributed by atoms with E-state index in [1.165, 1.54) is 17.7 Å². The molecule has 3 amide bonds. The molecular formula is C39H58N8O6. The summed E-state index contributed by atoms with van der Waals surface area (Å²) in [5, 5.41) is 24.1. The van der Waals surface area contributed by atoms with Crippen LogP contribution in [0.25, 0.3) is 21.9 Å². The number of carbonyl (C=O) groups excluding carboxylic acids is 3. The minimum atomic E-state index is -0.690. The van der Waals surface area contributed by atoms with E-state index in [1.807, 2.05) is 6.92 Å². The first-order chi connectivity index (χ1) is 25.6. The number of piperazine rings is 1. The highest BCUT2D eigenvalue weighted by molar-refractivity contribution is 6.12. The van der Waals surface area contributed by atoms with Crippen LogP contribution in [0.15, 0.2) is 30.4 Å². The van der Waals surface area contributed by atoms with E-state index in [0.717, 1.165) is 111 Å². The molecule has 2 aliphatic heterocycles. The number of nitrogens with zero attached hydrogens (tertiary/aromatic N) is 6. The average molecular weight is 735 g/mol. The average Bonchev–Trinajstić information content (AvgIpc) is 3.68. The quantitative estimate of drug-likeness (QED) is 0.0879. The molecule has 1 aromatic carbocycles. The molecule has 0 spiro atoms. The molecule has 4 heterocycles. The number of aliphatic hydroxyl groups is 2. The third-order valence-corrected chi connectivity index (χ3v) is 10.4. The molecule has 5 N–H and O–H groups in total. The van der Waals surface area contributed by atoms with Gasteiger partial charge in [0.05, 0.1) is 44.0 Å². The molecule has 0 atom stereocenters. The fourth-order valence-corrected chi connectivity index (χ4v) is 6.98. The molecule has 2 aromatic heterocycles. The Balaban J connectivity index is 1.000. The van der Waals surface area contributed by atoms with Gasteiger partial charge in [0.25, 0.3) is 11.8 Å². The van der Waals surface area contributed by atoms with Crippen LogP contribution in [-0.2, 0) is 38.5 Å². The monoisotopic (exact) mass is 734 g/mol. The maximum absolute atomic E-state index is 12.1. The summed E-state index contributed by atoms with van der Waals surface area (Å²) in [6.45, 7) is 11.8. The highest BCUT2D eigenvalue weighted by Gasteiger charge is 2.27. The Bertz CT molecular complexity index is 1710. The first-order valence-electron chi connectivity index (χ1n) is 19.3. The van der Waals surface area contributed by atoms with Crippen molar-refractivity contribution in [3.05, 3.63) is 41.7 Å². The molecule has 14 heteroatoms. The minimum Gasteiger partial charge on any atom is -0.396 e. The molecule has 0 saturated carbocycles. The number of nitrogens with two attached hydrogens (primary N) is 1. The zero-order valence-corrected chi connectivity index (χ0v) is 31.5. The summed E-state index contributed by atoms with van der Waals surface area (Å²) in [7, 11) is 0. The molecule has 0 radical (unpaired) electrons. The number of aromatic nitrogens is 3. The van der Waals surface area contributed by atoms with Crippen molar-refractivity contribution in [2.24, 2.45) is 5.41 Å². The summed E-state index contributed by atoms with van der Waals surface area (Å²) in [5.74, 6) is 0.603. The topological polar surface area (TPSA) is 179 Å². The van der Waals surface area contributed by atoms with Gasteiger partial charge >= 0.3 is 0 Å². The number of imidazole rings is 1. The number of unbranched alkanes of at least 4 members (excludes halogenated alkanes) is 2. The number of aryl methyl sites for hydroxylation is 2. The van der Waals surface area contributed by atoms with E-state index >= 15 is 0 Å². The molecule has 1 fully saturated rings. The van der Waals surface area contributed by atoms with E-state index in [1.54, 1.807) is 0 Å². The number of pyridine rings is 1. The Morgan fingerprint density at radius 3 is 2.30 bits per heavy atom. The number of carbonyl (C=O) groups is 3. The number of imide groups is 1. The molecule has 290 valence electrons. The van der Waals surface area contributed by atoms with Gasteiger partial charge in [0.15, 0.2) is 5.82 Å². The van der Waals surface area contributed by atoms with Crippen LogP contribution in [0.5, 0.6) is 0 Å². The predicted molar refractivity (Wildman–Crippen MR) is 205 cm³/mol. The van der Waals surface area contributed by atoms with Crippen LogP contribution in [0.4, 0.5) is 5.82 Å². The number of fused-ring (bicyclic) bond motifs is 3. The predicted octanol–water partition coefficient (Wildman–Crippen LogP) is 2.28. The van der Waals surface area contributed by atoms with Crippen molar-refractivity contribution >= 4 is 45.5 Å². The number of rotatable bonds is 22. The number of anilines is 1. The first kappa shape index (κ1) is 40.2. The number of nitrogen functional groups attached to an aromatic ring is 1. The van der Waals surface area contributed by atoms with Crippen molar-refractivity contribution in [2.45, 2.75) is 71.8 Å². The Kier molecular flexibility index (Phi) is 14.7. The van der Waals surface area contributed by atoms with Crippen LogP contribution in [0.2, 0.25) is 0 Å². The second kappa shape index (κ2) is 19.4. The molecule has 2 aliphatic rings. The van der Waals surface area contributed by atoms with Gasteiger partial charge in [-0.25, -0.2) is 9.97 Å². The first-order valence-corrected chi connectivity index (χ1v) is 19.3. The number of hydrogen-bond donors (Lipinski definition) is 4. The van der Waals surface area contributed by atoms with E-state index < -0.39 is 5.41 Å². The van der Waals surface area contributed by atoms with Gasteiger partial charge in [-0.15, -0.1) is 0 Å². The van der Waals surface area contributed by atoms with E-state index in [9.17, 15) is 24.6 Å². The van der Waals surface area contributed by atoms with Crippen molar-refractivity contribution in [3.8, 4) is 0 Å². The maximum Gasteiger partial charge on any atom is 0.253 e. The summed E-state index contributed by atoms with van der Waals surface area (Å²) >= 11 is 0. The van der Waals surface area contributed by atoms with Crippen LogP contribution in [-0.4, -0.2) is 136 Å². The molecule has 14 nitrogen and oxygen atoms in total. The SMILES string of the molecule is CCCCc1nc2c(N)nc3cc(CCCN4CCN(CCCCNC(=O)CCOCCN5C(=O)C=CC5=O)CC4)ccc3c2n1CC(C)(CO)CO. The van der Waals surface area contributed by atoms with Gasteiger partial charge < -0.3 is 40.4 Å². The third kappa shape index (κ3) is 10.8. The molecule has 3 aromatic rings. The van der Waals surface area contributed by atoms with Crippen LogP contribution in [0, 0.1) is 5.41 Å². The normalized spacial score (nSPS) is 15.8. The Labute approximate surface area is 312 Å². The molecule has 0 aliphatic carbocycles. The highest BCUT2D eigenvalue weighted by atomic mass is 16.5. The summed E-state index contributed by atoms with van der Waals surface area (Å²) < 4.78 is 7.56. The minimum absolute atomic E-state index is 0.0560. The van der Waals surface area contributed by atoms with Gasteiger partial charge in [-0.05, 0) is 56.8 Å². The lowest BCUT2D eigenvalue weighted by Gasteiger charge is -2.34. The highest BCUT2D eigenvalue weighted by Crippen LogP contribution is 2.32. The number of hydrogen-bond acceptors (Lipinski definition) is 11. The molecule has 0 bridgehead atoms. The van der Waals surface area contributed by atoms with Crippen LogP contribution in [0.3, 0.4) is 0 Å². The molecule has 1 saturated heterocycles. The Morgan fingerprint density at radius 1 is 0.925 bits per heavy atom. The summed E-state index contributed by atoms with van der Waals surface area (Å²) in [5.41, 5.74) is 9.47. The number of aliphatic hydroxyl groups excluding tert-OH is 2. The summed E-state index contributed by atoms with van der Waals surface area (Å²) in [6.07, 6.45) is 9.50. The van der Waals surface area contributed by atoms with Gasteiger partial charge in [-0.2, -0.15) is 0 Å².